The van der Waals surface area contributed by atoms with Crippen molar-refractivity contribution in [3.05, 3.63) is 23.2 Å². The zero-order chi connectivity index (χ0) is 22.1. The Morgan fingerprint density at radius 2 is 2.00 bits per heavy atom. The Labute approximate surface area is 185 Å². The minimum absolute atomic E-state index is 0.0523. The van der Waals surface area contributed by atoms with Gasteiger partial charge < -0.3 is 15.0 Å². The summed E-state index contributed by atoms with van der Waals surface area (Å²) in [5.74, 6) is 1.25. The van der Waals surface area contributed by atoms with Crippen LogP contribution in [0.4, 0.5) is 5.69 Å². The van der Waals surface area contributed by atoms with Gasteiger partial charge in [-0.25, -0.2) is 8.42 Å². The first-order valence-electron chi connectivity index (χ1n) is 10.5. The molecule has 170 valence electrons. The van der Waals surface area contributed by atoms with Crippen molar-refractivity contribution in [2.75, 3.05) is 50.4 Å². The van der Waals surface area contributed by atoms with E-state index in [-0.39, 0.29) is 18.9 Å². The maximum absolute atomic E-state index is 12.2. The molecule has 0 aromatic heterocycles. The number of likely N-dealkylation sites (tertiary alicyclic amines) is 1. The average Bonchev–Trinajstić information content (AvgIpc) is 2.69. The molecule has 1 aliphatic rings. The number of piperidine rings is 1. The zero-order valence-corrected chi connectivity index (χ0v) is 19.8. The van der Waals surface area contributed by atoms with Crippen LogP contribution in [-0.2, 0) is 14.8 Å². The van der Waals surface area contributed by atoms with Crippen molar-refractivity contribution in [1.82, 2.24) is 10.2 Å². The largest absolute Gasteiger partial charge is 0.495 e. The van der Waals surface area contributed by atoms with Gasteiger partial charge in [-0.1, -0.05) is 18.5 Å². The minimum Gasteiger partial charge on any atom is -0.495 e. The number of nitrogens with zero attached hydrogens (tertiary/aromatic N) is 2. The molecular formula is C21H34ClN3O4S. The predicted octanol–water partition coefficient (Wildman–Crippen LogP) is 3.13. The normalized spacial score (nSPS) is 15.7. The van der Waals surface area contributed by atoms with Crippen molar-refractivity contribution in [3.63, 3.8) is 0 Å². The number of carbonyl (C=O) groups is 1. The fourth-order valence-corrected chi connectivity index (χ4v) is 4.79. The van der Waals surface area contributed by atoms with Crippen LogP contribution in [-0.4, -0.2) is 65.3 Å². The molecule has 9 heteroatoms. The van der Waals surface area contributed by atoms with E-state index < -0.39 is 10.0 Å². The number of nitrogens with one attached hydrogen (secondary N) is 1. The first kappa shape index (κ1) is 24.8. The summed E-state index contributed by atoms with van der Waals surface area (Å²) < 4.78 is 30.8. The van der Waals surface area contributed by atoms with Gasteiger partial charge in [0.05, 0.1) is 24.1 Å². The first-order valence-corrected chi connectivity index (χ1v) is 12.7. The van der Waals surface area contributed by atoms with E-state index in [2.05, 4.69) is 17.1 Å². The van der Waals surface area contributed by atoms with Gasteiger partial charge in [0, 0.05) is 19.5 Å². The van der Waals surface area contributed by atoms with Gasteiger partial charge in [0.2, 0.25) is 15.9 Å². The average molecular weight is 460 g/mol. The van der Waals surface area contributed by atoms with Crippen molar-refractivity contribution in [2.45, 2.75) is 39.0 Å². The molecule has 1 saturated heterocycles. The molecular weight excluding hydrogens is 426 g/mol. The number of hydrogen-bond acceptors (Lipinski definition) is 5. The Hall–Kier alpha value is -1.51. The van der Waals surface area contributed by atoms with Crippen molar-refractivity contribution in [2.24, 2.45) is 5.92 Å². The lowest BCUT2D eigenvalue weighted by molar-refractivity contribution is -0.121. The predicted molar refractivity (Wildman–Crippen MR) is 122 cm³/mol. The Balaban J connectivity index is 1.74. The summed E-state index contributed by atoms with van der Waals surface area (Å²) in [5, 5.41) is 3.27. The highest BCUT2D eigenvalue weighted by Gasteiger charge is 2.19. The van der Waals surface area contributed by atoms with Crippen LogP contribution in [0.2, 0.25) is 5.02 Å². The molecule has 7 nitrogen and oxygen atoms in total. The van der Waals surface area contributed by atoms with E-state index in [1.165, 1.54) is 24.3 Å². The molecule has 0 saturated carbocycles. The molecule has 0 radical (unpaired) electrons. The third-order valence-corrected chi connectivity index (χ3v) is 6.93. The molecule has 1 aliphatic heterocycles. The second-order valence-electron chi connectivity index (χ2n) is 7.99. The van der Waals surface area contributed by atoms with E-state index in [1.807, 2.05) is 0 Å². The molecule has 0 atom stereocenters. The summed E-state index contributed by atoms with van der Waals surface area (Å²) in [7, 11) is -1.99. The van der Waals surface area contributed by atoms with Crippen LogP contribution in [0.15, 0.2) is 18.2 Å². The SMILES string of the molecule is COc1ccc(N(CCCC(=O)NCCCN2CCC(C)CC2)S(C)(=O)=O)cc1Cl. The van der Waals surface area contributed by atoms with Crippen LogP contribution < -0.4 is 14.4 Å². The second-order valence-corrected chi connectivity index (χ2v) is 10.3. The number of halogens is 1. The maximum atomic E-state index is 12.2. The van der Waals surface area contributed by atoms with Crippen LogP contribution in [0.25, 0.3) is 0 Å². The number of hydrogen-bond donors (Lipinski definition) is 1. The lowest BCUT2D eigenvalue weighted by Crippen LogP contribution is -2.35. The number of amides is 1. The van der Waals surface area contributed by atoms with Crippen LogP contribution in [0.3, 0.4) is 0 Å². The van der Waals surface area contributed by atoms with Gasteiger partial charge in [-0.05, 0) is 69.4 Å². The minimum atomic E-state index is -3.49. The molecule has 1 aromatic rings. The van der Waals surface area contributed by atoms with Crippen LogP contribution in [0, 0.1) is 5.92 Å². The number of sulfonamides is 1. The summed E-state index contributed by atoms with van der Waals surface area (Å²) in [6.07, 6.45) is 5.28. The second kappa shape index (κ2) is 11.8. The first-order chi connectivity index (χ1) is 14.2. The Morgan fingerprint density at radius 3 is 2.60 bits per heavy atom. The zero-order valence-electron chi connectivity index (χ0n) is 18.2. The van der Waals surface area contributed by atoms with E-state index in [0.717, 1.165) is 38.2 Å². The van der Waals surface area contributed by atoms with Gasteiger partial charge in [0.1, 0.15) is 5.75 Å². The van der Waals surface area contributed by atoms with Crippen LogP contribution >= 0.6 is 11.6 Å². The third kappa shape index (κ3) is 7.96. The highest BCUT2D eigenvalue weighted by molar-refractivity contribution is 7.92. The summed E-state index contributed by atoms with van der Waals surface area (Å²) in [6, 6.07) is 4.83. The fraction of sp³-hybridized carbons (Fsp3) is 0.667. The fourth-order valence-electron chi connectivity index (χ4n) is 3.58. The number of ether oxygens (including phenoxy) is 1. The van der Waals surface area contributed by atoms with Gasteiger partial charge in [-0.15, -0.1) is 0 Å². The molecule has 1 aromatic carbocycles. The van der Waals surface area contributed by atoms with Gasteiger partial charge in [-0.2, -0.15) is 0 Å². The molecule has 1 N–H and O–H groups in total. The van der Waals surface area contributed by atoms with E-state index in [1.54, 1.807) is 18.2 Å². The lowest BCUT2D eigenvalue weighted by Gasteiger charge is -2.30. The molecule has 30 heavy (non-hydrogen) atoms. The number of methoxy groups -OCH3 is 1. The Morgan fingerprint density at radius 1 is 1.30 bits per heavy atom. The molecule has 0 aliphatic carbocycles. The highest BCUT2D eigenvalue weighted by Crippen LogP contribution is 2.30. The Kier molecular flexibility index (Phi) is 9.71. The summed E-state index contributed by atoms with van der Waals surface area (Å²) in [6.45, 7) is 6.45. The van der Waals surface area contributed by atoms with Gasteiger partial charge in [0.25, 0.3) is 0 Å². The number of benzene rings is 1. The van der Waals surface area contributed by atoms with E-state index >= 15 is 0 Å². The van der Waals surface area contributed by atoms with Gasteiger partial charge in [0.15, 0.2) is 0 Å². The summed E-state index contributed by atoms with van der Waals surface area (Å²) in [4.78, 5) is 14.6. The molecule has 1 fully saturated rings. The van der Waals surface area contributed by atoms with E-state index in [0.29, 0.717) is 29.4 Å². The number of anilines is 1. The molecule has 1 heterocycles. The number of carbonyl (C=O) groups excluding carboxylic acids is 1. The van der Waals surface area contributed by atoms with E-state index in [4.69, 9.17) is 16.3 Å². The Bertz CT molecular complexity index is 795. The summed E-state index contributed by atoms with van der Waals surface area (Å²) >= 11 is 6.13. The lowest BCUT2D eigenvalue weighted by atomic mass is 9.99. The third-order valence-electron chi connectivity index (χ3n) is 5.44. The molecule has 1 amide bonds. The van der Waals surface area contributed by atoms with Crippen molar-refractivity contribution >= 4 is 33.2 Å². The monoisotopic (exact) mass is 459 g/mol. The van der Waals surface area contributed by atoms with Crippen molar-refractivity contribution < 1.29 is 17.9 Å². The number of rotatable bonds is 11. The van der Waals surface area contributed by atoms with Crippen LogP contribution in [0.5, 0.6) is 5.75 Å². The molecule has 0 unspecified atom stereocenters. The van der Waals surface area contributed by atoms with E-state index in [9.17, 15) is 13.2 Å². The quantitative estimate of drug-likeness (QED) is 0.514. The van der Waals surface area contributed by atoms with Gasteiger partial charge in [-0.3, -0.25) is 9.10 Å². The van der Waals surface area contributed by atoms with Crippen molar-refractivity contribution in [1.29, 1.82) is 0 Å². The smallest absolute Gasteiger partial charge is 0.232 e. The maximum Gasteiger partial charge on any atom is 0.232 e. The van der Waals surface area contributed by atoms with Crippen LogP contribution in [0.1, 0.15) is 39.0 Å². The molecule has 0 bridgehead atoms. The highest BCUT2D eigenvalue weighted by atomic mass is 35.5. The van der Waals surface area contributed by atoms with Crippen molar-refractivity contribution in [3.8, 4) is 5.75 Å². The molecule has 0 spiro atoms. The molecule has 2 rings (SSSR count). The topological polar surface area (TPSA) is 79.0 Å². The van der Waals surface area contributed by atoms with Gasteiger partial charge >= 0.3 is 0 Å². The standard InChI is InChI=1S/C21H34ClN3O4S/c1-17-9-14-24(15-10-17)12-5-11-23-21(26)6-4-13-25(30(3,27)28)18-7-8-20(29-2)19(22)16-18/h7-8,16-17H,4-6,9-15H2,1-3H3,(H,23,26). The summed E-state index contributed by atoms with van der Waals surface area (Å²) in [5.41, 5.74) is 0.458.